The smallest absolute Gasteiger partial charge is 0.390 e. The van der Waals surface area contributed by atoms with Gasteiger partial charge in [0.1, 0.15) is 18.0 Å². The van der Waals surface area contributed by atoms with Crippen LogP contribution in [0.15, 0.2) is 17.3 Å². The summed E-state index contributed by atoms with van der Waals surface area (Å²) in [6.07, 6.45) is -0.0801. The zero-order valence-electron chi connectivity index (χ0n) is 14.6. The molecule has 1 fully saturated rings. The fourth-order valence-corrected chi connectivity index (χ4v) is 5.20. The molecule has 2 aromatic rings. The van der Waals surface area contributed by atoms with Crippen LogP contribution in [0, 0.1) is 6.92 Å². The summed E-state index contributed by atoms with van der Waals surface area (Å²) in [6, 6.07) is 0. The number of aromatic nitrogens is 3. The van der Waals surface area contributed by atoms with Crippen LogP contribution >= 0.6 is 24.3 Å². The second-order valence-corrected chi connectivity index (χ2v) is 9.64. The Bertz CT molecular complexity index is 1070. The van der Waals surface area contributed by atoms with Crippen molar-refractivity contribution in [1.29, 1.82) is 0 Å². The number of rotatable bonds is 8. The number of aliphatic hydroxyl groups excluding tert-OH is 1. The minimum atomic E-state index is -5.09. The van der Waals surface area contributed by atoms with E-state index in [9.17, 15) is 28.5 Å². The Hall–Kier alpha value is -1.30. The van der Waals surface area contributed by atoms with Crippen molar-refractivity contribution in [3.63, 3.8) is 0 Å². The van der Waals surface area contributed by atoms with Gasteiger partial charge in [-0.1, -0.05) is 0 Å². The van der Waals surface area contributed by atoms with Crippen molar-refractivity contribution in [3.05, 3.63) is 28.4 Å². The predicted octanol–water partition coefficient (Wildman–Crippen LogP) is 1.14. The van der Waals surface area contributed by atoms with Gasteiger partial charge in [0.2, 0.25) is 0 Å². The minimum absolute atomic E-state index is 0.0545. The molecule has 5 atom stereocenters. The summed E-state index contributed by atoms with van der Waals surface area (Å²) in [5, 5.41) is 10.5. The first kappa shape index (κ1) is 22.4. The van der Waals surface area contributed by atoms with E-state index in [-0.39, 0.29) is 12.0 Å². The number of hydrogen-bond donors (Lipinski definition) is 4. The van der Waals surface area contributed by atoms with Gasteiger partial charge in [0.15, 0.2) is 0 Å². The Morgan fingerprint density at radius 1 is 1.41 bits per heavy atom. The fraction of sp³-hybridized carbons (Fsp3) is 0.500. The number of hydrogen-bond acceptors (Lipinski definition) is 10. The molecule has 0 saturated carbocycles. The van der Waals surface area contributed by atoms with E-state index in [1.807, 2.05) is 0 Å². The summed E-state index contributed by atoms with van der Waals surface area (Å²) in [5.74, 6) is 0. The highest BCUT2D eigenvalue weighted by atomic mass is 31.3. The topological polar surface area (TPSA) is 199 Å². The van der Waals surface area contributed by atoms with Crippen LogP contribution in [0.2, 0.25) is 0 Å². The van der Waals surface area contributed by atoms with Crippen LogP contribution in [0.1, 0.15) is 18.2 Å². The predicted molar refractivity (Wildman–Crippen MR) is 95.0 cm³/mol. The first-order valence-electron chi connectivity index (χ1n) is 7.94. The molecule has 17 heteroatoms. The van der Waals surface area contributed by atoms with Crippen molar-refractivity contribution < 1.29 is 46.5 Å². The second kappa shape index (κ2) is 8.44. The van der Waals surface area contributed by atoms with Gasteiger partial charge < -0.3 is 29.2 Å². The van der Waals surface area contributed by atoms with E-state index in [1.165, 1.54) is 6.33 Å². The molecule has 0 amide bonds. The molecule has 1 aliphatic heterocycles. The number of phosphoric ester groups is 1. The number of H-pyrrole nitrogens is 1. The molecule has 3 rings (SSSR count). The second-order valence-electron chi connectivity index (χ2n) is 6.05. The maximum atomic E-state index is 12.0. The van der Waals surface area contributed by atoms with Crippen molar-refractivity contribution in [3.8, 4) is 0 Å². The number of aromatic amines is 1. The standard InChI is InChI=1S/C12H16N3O11P3/c1-6-3-15(11-10(6)12(17)14-5-13-11)9-2-7(16)8(24-9)4-23-28(19,20)26-29(21,22)25-27-18/h3,5,7-9,16H,2,4H2,1H3,(H,19,20)(H,21,22)(H,13,14,17)/t7-,8-,9-/m1/s1. The molecule has 3 heterocycles. The normalized spacial score (nSPS) is 26.6. The van der Waals surface area contributed by atoms with Gasteiger partial charge in [-0.25, -0.2) is 18.7 Å². The van der Waals surface area contributed by atoms with Crippen molar-refractivity contribution in [2.24, 2.45) is 0 Å². The number of nitrogens with one attached hydrogen (secondary N) is 1. The Morgan fingerprint density at radius 2 is 2.14 bits per heavy atom. The van der Waals surface area contributed by atoms with Gasteiger partial charge in [-0.3, -0.25) is 9.32 Å². The van der Waals surface area contributed by atoms with Crippen LogP contribution in [0.3, 0.4) is 0 Å². The summed E-state index contributed by atoms with van der Waals surface area (Å²) < 4.78 is 52.6. The largest absolute Gasteiger partial charge is 0.491 e. The molecule has 0 bridgehead atoms. The maximum absolute atomic E-state index is 12.0. The van der Waals surface area contributed by atoms with Crippen LogP contribution in [0.25, 0.3) is 11.0 Å². The third-order valence-electron chi connectivity index (χ3n) is 4.06. The van der Waals surface area contributed by atoms with E-state index in [2.05, 4.69) is 23.1 Å². The molecule has 2 aromatic heterocycles. The van der Waals surface area contributed by atoms with Gasteiger partial charge in [0, 0.05) is 12.6 Å². The average molecular weight is 471 g/mol. The monoisotopic (exact) mass is 471 g/mol. The molecule has 0 aromatic carbocycles. The fourth-order valence-electron chi connectivity index (χ4n) is 2.91. The molecule has 2 unspecified atom stereocenters. The highest BCUT2D eigenvalue weighted by Gasteiger charge is 2.40. The Kier molecular flexibility index (Phi) is 6.52. The Morgan fingerprint density at radius 3 is 2.83 bits per heavy atom. The molecule has 1 aliphatic rings. The zero-order chi connectivity index (χ0) is 21.4. The SMILES string of the molecule is Cc1cn([C@H]2C[C@@H](O)[C@@H](COP(=O)(O)OP(=O)(O)OP=O)O2)c2nc[nH]c(=O)c12. The molecule has 14 nitrogen and oxygen atoms in total. The number of nitrogens with zero attached hydrogens (tertiary/aromatic N) is 2. The molecule has 1 saturated heterocycles. The van der Waals surface area contributed by atoms with E-state index >= 15 is 0 Å². The molecule has 160 valence electrons. The number of ether oxygens (including phenoxy) is 1. The van der Waals surface area contributed by atoms with Crippen molar-refractivity contribution in [2.45, 2.75) is 31.8 Å². The van der Waals surface area contributed by atoms with Crippen LogP contribution in [-0.2, 0) is 31.6 Å². The van der Waals surface area contributed by atoms with Crippen LogP contribution in [-0.4, -0.2) is 48.2 Å². The summed E-state index contributed by atoms with van der Waals surface area (Å²) in [7, 11) is -11.4. The van der Waals surface area contributed by atoms with Gasteiger partial charge in [-0.2, -0.15) is 8.62 Å². The Balaban J connectivity index is 1.70. The van der Waals surface area contributed by atoms with E-state index in [0.29, 0.717) is 16.6 Å². The lowest BCUT2D eigenvalue weighted by Crippen LogP contribution is -2.26. The van der Waals surface area contributed by atoms with Crippen LogP contribution < -0.4 is 5.56 Å². The highest BCUT2D eigenvalue weighted by Crippen LogP contribution is 2.62. The van der Waals surface area contributed by atoms with E-state index in [0.717, 1.165) is 0 Å². The molecule has 0 radical (unpaired) electrons. The highest BCUT2D eigenvalue weighted by molar-refractivity contribution is 7.63. The molecular formula is C12H16N3O11P3. The quantitative estimate of drug-likeness (QED) is 0.401. The van der Waals surface area contributed by atoms with Gasteiger partial charge in [-0.05, 0) is 12.5 Å². The molecular weight excluding hydrogens is 455 g/mol. The number of aliphatic hydroxyl groups is 1. The first-order valence-corrected chi connectivity index (χ1v) is 11.7. The number of aryl methyl sites for hydroxylation is 1. The average Bonchev–Trinajstić information content (AvgIpc) is 3.13. The van der Waals surface area contributed by atoms with Gasteiger partial charge in [-0.15, -0.1) is 0 Å². The number of fused-ring (bicyclic) bond motifs is 1. The van der Waals surface area contributed by atoms with Crippen molar-refractivity contribution in [2.75, 3.05) is 6.61 Å². The first-order chi connectivity index (χ1) is 13.5. The summed E-state index contributed by atoms with van der Waals surface area (Å²) in [4.78, 5) is 37.1. The molecule has 0 aliphatic carbocycles. The third kappa shape index (κ3) is 5.07. The van der Waals surface area contributed by atoms with Gasteiger partial charge in [0.25, 0.3) is 5.56 Å². The molecule has 4 N–H and O–H groups in total. The summed E-state index contributed by atoms with van der Waals surface area (Å²) >= 11 is 0. The lowest BCUT2D eigenvalue weighted by atomic mass is 10.2. The van der Waals surface area contributed by atoms with E-state index in [1.54, 1.807) is 17.7 Å². The lowest BCUT2D eigenvalue weighted by molar-refractivity contribution is -0.0421. The minimum Gasteiger partial charge on any atom is -0.390 e. The maximum Gasteiger partial charge on any atom is 0.491 e. The van der Waals surface area contributed by atoms with Gasteiger partial charge >= 0.3 is 24.3 Å². The Labute approximate surface area is 163 Å². The summed E-state index contributed by atoms with van der Waals surface area (Å²) in [6.45, 7) is 1.03. The molecule has 0 spiro atoms. The lowest BCUT2D eigenvalue weighted by Gasteiger charge is -2.18. The molecule has 29 heavy (non-hydrogen) atoms. The van der Waals surface area contributed by atoms with Crippen LogP contribution in [0.4, 0.5) is 0 Å². The van der Waals surface area contributed by atoms with E-state index in [4.69, 9.17) is 9.63 Å². The van der Waals surface area contributed by atoms with Crippen molar-refractivity contribution in [1.82, 2.24) is 14.5 Å². The van der Waals surface area contributed by atoms with E-state index < -0.39 is 49.4 Å². The zero-order valence-corrected chi connectivity index (χ0v) is 17.3. The van der Waals surface area contributed by atoms with Crippen LogP contribution in [0.5, 0.6) is 0 Å². The van der Waals surface area contributed by atoms with Crippen molar-refractivity contribution >= 4 is 35.4 Å². The number of phosphoric acid groups is 2. The van der Waals surface area contributed by atoms with Gasteiger partial charge in [0.05, 0.1) is 24.4 Å². The third-order valence-corrected chi connectivity index (χ3v) is 7.28. The summed E-state index contributed by atoms with van der Waals surface area (Å²) in [5.41, 5.74) is 0.629.